The molecule has 0 fully saturated rings. The number of halogens is 2. The molecule has 1 aliphatic rings. The maximum Gasteiger partial charge on any atom is 0.229 e. The number of benzene rings is 3. The highest BCUT2D eigenvalue weighted by Gasteiger charge is 2.20. The van der Waals surface area contributed by atoms with Crippen LogP contribution < -0.4 is 10.2 Å². The molecular weight excluding hydrogens is 387 g/mol. The van der Waals surface area contributed by atoms with Gasteiger partial charge in [-0.3, -0.25) is 0 Å². The van der Waals surface area contributed by atoms with Crippen molar-refractivity contribution >= 4 is 40.8 Å². The highest BCUT2D eigenvalue weighted by molar-refractivity contribution is 5.91. The lowest BCUT2D eigenvalue weighted by molar-refractivity contribution is 0.628. The monoisotopic (exact) mass is 406 g/mol. The van der Waals surface area contributed by atoms with Gasteiger partial charge in [-0.05, 0) is 53.9 Å². The molecule has 1 aliphatic heterocycles. The van der Waals surface area contributed by atoms with Crippen molar-refractivity contribution in [2.24, 2.45) is 0 Å². The molecule has 0 atom stereocenters. The molecule has 146 valence electrons. The average Bonchev–Trinajstić information content (AvgIpc) is 2.74. The Kier molecular flexibility index (Phi) is 5.32. The average molecular weight is 407 g/mol. The van der Waals surface area contributed by atoms with E-state index in [4.69, 9.17) is 4.98 Å². The largest absolute Gasteiger partial charge is 0.351 e. The topological polar surface area (TPSA) is 41.1 Å². The van der Waals surface area contributed by atoms with Gasteiger partial charge in [0.15, 0.2) is 0 Å². The Bertz CT molecular complexity index is 1150. The summed E-state index contributed by atoms with van der Waals surface area (Å²) >= 11 is 0. The number of fused-ring (bicyclic) bond motifs is 2. The summed E-state index contributed by atoms with van der Waals surface area (Å²) in [5, 5.41) is 4.24. The Morgan fingerprint density at radius 3 is 2.38 bits per heavy atom. The summed E-state index contributed by atoms with van der Waals surface area (Å²) in [6.45, 7) is 1.74. The number of anilines is 3. The van der Waals surface area contributed by atoms with Gasteiger partial charge in [-0.25, -0.2) is 9.37 Å². The van der Waals surface area contributed by atoms with Crippen LogP contribution in [-0.4, -0.2) is 16.5 Å². The summed E-state index contributed by atoms with van der Waals surface area (Å²) in [6.07, 6.45) is 0.995. The van der Waals surface area contributed by atoms with E-state index in [1.165, 1.54) is 23.3 Å². The third kappa shape index (κ3) is 3.87. The van der Waals surface area contributed by atoms with Crippen molar-refractivity contribution in [1.29, 1.82) is 0 Å². The lowest BCUT2D eigenvalue weighted by Crippen LogP contribution is -2.31. The molecule has 0 aliphatic carbocycles. The zero-order valence-corrected chi connectivity index (χ0v) is 16.5. The second kappa shape index (κ2) is 8.05. The zero-order valence-electron chi connectivity index (χ0n) is 15.7. The van der Waals surface area contributed by atoms with Gasteiger partial charge in [0, 0.05) is 24.2 Å². The van der Waals surface area contributed by atoms with Crippen LogP contribution >= 0.6 is 12.4 Å². The highest BCUT2D eigenvalue weighted by atomic mass is 35.5. The van der Waals surface area contributed by atoms with Crippen LogP contribution in [0.2, 0.25) is 0 Å². The van der Waals surface area contributed by atoms with Crippen molar-refractivity contribution in [2.75, 3.05) is 16.8 Å². The second-order valence-electron chi connectivity index (χ2n) is 6.96. The summed E-state index contributed by atoms with van der Waals surface area (Å²) in [4.78, 5) is 11.8. The van der Waals surface area contributed by atoms with Crippen LogP contribution in [0.25, 0.3) is 10.9 Å². The predicted molar refractivity (Wildman–Crippen MR) is 118 cm³/mol. The van der Waals surface area contributed by atoms with E-state index in [1.807, 2.05) is 18.2 Å². The summed E-state index contributed by atoms with van der Waals surface area (Å²) < 4.78 is 13.2. The third-order valence-corrected chi connectivity index (χ3v) is 5.11. The van der Waals surface area contributed by atoms with Gasteiger partial charge in [-0.15, -0.1) is 12.4 Å². The molecule has 0 bridgehead atoms. The Hall–Kier alpha value is -3.18. The molecule has 6 heteroatoms. The fourth-order valence-electron chi connectivity index (χ4n) is 3.70. The Balaban J connectivity index is 0.00000205. The van der Waals surface area contributed by atoms with Crippen molar-refractivity contribution in [3.63, 3.8) is 0 Å². The molecule has 29 heavy (non-hydrogen) atoms. The lowest BCUT2D eigenvalue weighted by Gasteiger charge is -2.30. The third-order valence-electron chi connectivity index (χ3n) is 5.11. The van der Waals surface area contributed by atoms with E-state index < -0.39 is 0 Å². The molecule has 0 radical (unpaired) electrons. The number of rotatable bonds is 3. The van der Waals surface area contributed by atoms with E-state index >= 15 is 0 Å². The van der Waals surface area contributed by atoms with Gasteiger partial charge in [-0.2, -0.15) is 4.98 Å². The molecule has 0 amide bonds. The standard InChI is InChI=1S/C23H19FN4.ClH/c24-18-9-11-19(12-10-18)25-23-26-21-8-4-3-7-20(21)22(27-23)28-14-13-16-5-1-2-6-17(16)15-28;/h1-12H,13-15H2,(H,25,26,27);1H. The summed E-state index contributed by atoms with van der Waals surface area (Å²) in [6, 6.07) is 22.8. The van der Waals surface area contributed by atoms with Crippen LogP contribution in [-0.2, 0) is 13.0 Å². The van der Waals surface area contributed by atoms with Gasteiger partial charge in [0.2, 0.25) is 5.95 Å². The number of nitrogens with zero attached hydrogens (tertiary/aromatic N) is 3. The number of para-hydroxylation sites is 1. The first kappa shape index (κ1) is 19.2. The fourth-order valence-corrected chi connectivity index (χ4v) is 3.70. The van der Waals surface area contributed by atoms with Crippen molar-refractivity contribution in [3.05, 3.63) is 89.7 Å². The van der Waals surface area contributed by atoms with Crippen molar-refractivity contribution in [1.82, 2.24) is 9.97 Å². The quantitative estimate of drug-likeness (QED) is 0.488. The molecule has 1 N–H and O–H groups in total. The van der Waals surface area contributed by atoms with Crippen LogP contribution in [0.1, 0.15) is 11.1 Å². The molecule has 5 rings (SSSR count). The molecule has 0 saturated carbocycles. The van der Waals surface area contributed by atoms with E-state index in [0.29, 0.717) is 5.95 Å². The minimum atomic E-state index is -0.266. The normalized spacial score (nSPS) is 12.9. The molecule has 4 nitrogen and oxygen atoms in total. The summed E-state index contributed by atoms with van der Waals surface area (Å²) in [5.41, 5.74) is 4.38. The molecular formula is C23H20ClFN4. The first-order chi connectivity index (χ1) is 13.8. The number of nitrogens with one attached hydrogen (secondary N) is 1. The van der Waals surface area contributed by atoms with Gasteiger partial charge < -0.3 is 10.2 Å². The molecule has 3 aromatic carbocycles. The van der Waals surface area contributed by atoms with Gasteiger partial charge in [-0.1, -0.05) is 36.4 Å². The number of hydrogen-bond acceptors (Lipinski definition) is 4. The Morgan fingerprint density at radius 1 is 0.828 bits per heavy atom. The van der Waals surface area contributed by atoms with Crippen molar-refractivity contribution in [2.45, 2.75) is 13.0 Å². The Labute approximate surface area is 174 Å². The van der Waals surface area contributed by atoms with Crippen molar-refractivity contribution in [3.8, 4) is 0 Å². The molecule has 0 unspecified atom stereocenters. The molecule has 4 aromatic rings. The second-order valence-corrected chi connectivity index (χ2v) is 6.96. The Morgan fingerprint density at radius 2 is 1.55 bits per heavy atom. The smallest absolute Gasteiger partial charge is 0.229 e. The SMILES string of the molecule is Cl.Fc1ccc(Nc2nc(N3CCc4ccccc4C3)c3ccccc3n2)cc1. The first-order valence-electron chi connectivity index (χ1n) is 9.37. The first-order valence-corrected chi connectivity index (χ1v) is 9.37. The van der Waals surface area contributed by atoms with E-state index in [9.17, 15) is 4.39 Å². The van der Waals surface area contributed by atoms with Crippen LogP contribution in [0.5, 0.6) is 0 Å². The highest BCUT2D eigenvalue weighted by Crippen LogP contribution is 2.30. The molecule has 1 aromatic heterocycles. The molecule has 0 saturated heterocycles. The van der Waals surface area contributed by atoms with Crippen LogP contribution in [0.15, 0.2) is 72.8 Å². The van der Waals surface area contributed by atoms with Crippen LogP contribution in [0.4, 0.5) is 21.8 Å². The van der Waals surface area contributed by atoms with E-state index in [1.54, 1.807) is 12.1 Å². The predicted octanol–water partition coefficient (Wildman–Crippen LogP) is 5.50. The minimum absolute atomic E-state index is 0. The molecule has 0 spiro atoms. The van der Waals surface area contributed by atoms with Crippen LogP contribution in [0, 0.1) is 5.82 Å². The van der Waals surface area contributed by atoms with Gasteiger partial charge in [0.1, 0.15) is 11.6 Å². The lowest BCUT2D eigenvalue weighted by atomic mass is 10.00. The fraction of sp³-hybridized carbons (Fsp3) is 0.130. The number of hydrogen-bond donors (Lipinski definition) is 1. The van der Waals surface area contributed by atoms with Gasteiger partial charge in [0.25, 0.3) is 0 Å². The van der Waals surface area contributed by atoms with Crippen molar-refractivity contribution < 1.29 is 4.39 Å². The van der Waals surface area contributed by atoms with Gasteiger partial charge >= 0.3 is 0 Å². The zero-order chi connectivity index (χ0) is 18.9. The number of aromatic nitrogens is 2. The van der Waals surface area contributed by atoms with Gasteiger partial charge in [0.05, 0.1) is 5.52 Å². The maximum absolute atomic E-state index is 13.2. The van der Waals surface area contributed by atoms with E-state index in [0.717, 1.165) is 41.9 Å². The molecule has 2 heterocycles. The minimum Gasteiger partial charge on any atom is -0.351 e. The van der Waals surface area contributed by atoms with Crippen LogP contribution in [0.3, 0.4) is 0 Å². The summed E-state index contributed by atoms with van der Waals surface area (Å²) in [7, 11) is 0. The maximum atomic E-state index is 13.2. The van der Waals surface area contributed by atoms with E-state index in [2.05, 4.69) is 45.5 Å². The summed E-state index contributed by atoms with van der Waals surface area (Å²) in [5.74, 6) is 1.17. The van der Waals surface area contributed by atoms with E-state index in [-0.39, 0.29) is 18.2 Å².